The quantitative estimate of drug-likeness (QED) is 0.108. The van der Waals surface area contributed by atoms with Crippen LogP contribution in [0.4, 0.5) is 0 Å². The molecule has 162 valence electrons. The molecule has 0 saturated carbocycles. The topological polar surface area (TPSA) is 60.0 Å². The lowest BCUT2D eigenvalue weighted by atomic mass is 9.74. The minimum absolute atomic E-state index is 0.331. The smallest absolute Gasteiger partial charge is 0.227 e. The van der Waals surface area contributed by atoms with Crippen molar-refractivity contribution in [2.45, 2.75) is 17.7 Å². The van der Waals surface area contributed by atoms with Gasteiger partial charge in [0.2, 0.25) is 11.8 Å². The van der Waals surface area contributed by atoms with Crippen molar-refractivity contribution in [3.63, 3.8) is 0 Å². The summed E-state index contributed by atoms with van der Waals surface area (Å²) >= 11 is 7.95. The van der Waals surface area contributed by atoms with Gasteiger partial charge in [-0.25, -0.2) is 0 Å². The van der Waals surface area contributed by atoms with E-state index in [0.717, 1.165) is 19.9 Å². The summed E-state index contributed by atoms with van der Waals surface area (Å²) in [6.07, 6.45) is 4.03. The van der Waals surface area contributed by atoms with E-state index in [1.54, 1.807) is 0 Å². The van der Waals surface area contributed by atoms with Crippen LogP contribution in [0.1, 0.15) is 23.1 Å². The summed E-state index contributed by atoms with van der Waals surface area (Å²) in [7, 11) is 0. The predicted octanol–water partition coefficient (Wildman–Crippen LogP) is 5.01. The molecule has 0 aliphatic carbocycles. The molecule has 6 heteroatoms. The second-order valence-corrected chi connectivity index (χ2v) is 9.78. The zero-order valence-corrected chi connectivity index (χ0v) is 20.5. The van der Waals surface area contributed by atoms with Crippen LogP contribution in [-0.2, 0) is 5.72 Å². The monoisotopic (exact) mass is 562 g/mol. The lowest BCUT2D eigenvalue weighted by Gasteiger charge is -2.43. The summed E-state index contributed by atoms with van der Waals surface area (Å²) in [5.41, 5.74) is 0.731. The highest BCUT2D eigenvalue weighted by Crippen LogP contribution is 2.45. The normalized spacial score (nSPS) is 22.6. The maximum Gasteiger partial charge on any atom is 0.227 e. The van der Waals surface area contributed by atoms with Gasteiger partial charge in [-0.15, -0.1) is 0 Å². The van der Waals surface area contributed by atoms with Gasteiger partial charge in [0.1, 0.15) is 4.99 Å². The van der Waals surface area contributed by atoms with Gasteiger partial charge in [0, 0.05) is 20.6 Å². The van der Waals surface area contributed by atoms with Gasteiger partial charge < -0.3 is 10.4 Å². The van der Waals surface area contributed by atoms with Gasteiger partial charge in [-0.05, 0) is 57.6 Å². The third-order valence-electron chi connectivity index (χ3n) is 6.19. The van der Waals surface area contributed by atoms with Gasteiger partial charge in [0.25, 0.3) is 0 Å². The molecule has 4 nitrogen and oxygen atoms in total. The lowest BCUT2D eigenvalue weighted by Crippen LogP contribution is -2.65. The molecule has 3 N–H and O–H groups in total. The first-order valence-corrected chi connectivity index (χ1v) is 12.0. The minimum atomic E-state index is -1.50. The zero-order chi connectivity index (χ0) is 23.0. The number of pyridine rings is 1. The molecule has 2 heterocycles. The summed E-state index contributed by atoms with van der Waals surface area (Å²) in [6.45, 7) is 0. The van der Waals surface area contributed by atoms with E-state index < -0.39 is 11.8 Å². The molecule has 0 spiro atoms. The second kappa shape index (κ2) is 8.80. The van der Waals surface area contributed by atoms with Gasteiger partial charge in [0.15, 0.2) is 12.4 Å². The number of nitrogens with one attached hydrogen (secondary N) is 2. The summed E-state index contributed by atoms with van der Waals surface area (Å²) in [5.74, 6) is 2.20. The van der Waals surface area contributed by atoms with Gasteiger partial charge in [-0.2, -0.15) is 4.57 Å². The number of hydrogen-bond acceptors (Lipinski definition) is 3. The van der Waals surface area contributed by atoms with Crippen LogP contribution in [0.5, 0.6) is 0 Å². The molecule has 0 amide bonds. The first-order valence-electron chi connectivity index (χ1n) is 10.6. The van der Waals surface area contributed by atoms with E-state index >= 15 is 0 Å². The summed E-state index contributed by atoms with van der Waals surface area (Å²) in [4.78, 5) is 0.331. The standard InChI is InChI=1S/C27H20IN3OS/c28-22-12-6-9-19(15-22)24-23(16-29)26(33)30-27(32,21-10-2-1-3-11-21)25(24)31-14-13-18-7-4-5-8-20(18)17-31/h1-15,17,24-25,29,32H/p+1/t24-,25+,27+/m0/s1. The Balaban J connectivity index is 1.81. The molecule has 4 aromatic rings. The van der Waals surface area contributed by atoms with Crippen LogP contribution in [0.15, 0.2) is 103 Å². The number of nitrogens with zero attached hydrogens (tertiary/aromatic N) is 1. The molecule has 1 aliphatic heterocycles. The van der Waals surface area contributed by atoms with E-state index in [0.29, 0.717) is 16.1 Å². The van der Waals surface area contributed by atoms with E-state index in [2.05, 4.69) is 52.0 Å². The molecule has 1 saturated heterocycles. The van der Waals surface area contributed by atoms with Crippen LogP contribution in [0, 0.1) is 8.98 Å². The van der Waals surface area contributed by atoms with Crippen LogP contribution in [-0.4, -0.2) is 16.0 Å². The molecule has 33 heavy (non-hydrogen) atoms. The van der Waals surface area contributed by atoms with Crippen molar-refractivity contribution in [1.82, 2.24) is 5.32 Å². The van der Waals surface area contributed by atoms with E-state index in [-0.39, 0.29) is 5.92 Å². The number of aliphatic hydroxyl groups is 1. The Morgan fingerprint density at radius 1 is 0.970 bits per heavy atom. The Morgan fingerprint density at radius 2 is 1.70 bits per heavy atom. The van der Waals surface area contributed by atoms with Crippen LogP contribution >= 0.6 is 34.8 Å². The maximum atomic E-state index is 12.3. The van der Waals surface area contributed by atoms with Crippen molar-refractivity contribution in [3.05, 3.63) is 118 Å². The molecule has 3 aromatic carbocycles. The van der Waals surface area contributed by atoms with Crippen molar-refractivity contribution >= 4 is 56.4 Å². The van der Waals surface area contributed by atoms with Crippen molar-refractivity contribution in [1.29, 1.82) is 5.41 Å². The van der Waals surface area contributed by atoms with E-state index in [9.17, 15) is 5.11 Å². The number of piperidine rings is 1. The number of halogens is 1. The highest BCUT2D eigenvalue weighted by molar-refractivity contribution is 14.1. The first kappa shape index (κ1) is 21.9. The third-order valence-corrected chi connectivity index (χ3v) is 7.18. The van der Waals surface area contributed by atoms with E-state index in [4.69, 9.17) is 17.6 Å². The summed E-state index contributed by atoms with van der Waals surface area (Å²) in [6, 6.07) is 27.3. The fraction of sp³-hybridized carbons (Fsp3) is 0.111. The van der Waals surface area contributed by atoms with Gasteiger partial charge in [0.05, 0.1) is 11.5 Å². The first-order chi connectivity index (χ1) is 16.0. The molecule has 5 rings (SSSR count). The Hall–Kier alpha value is -2.90. The van der Waals surface area contributed by atoms with Crippen molar-refractivity contribution in [2.24, 2.45) is 0 Å². The maximum absolute atomic E-state index is 12.3. The summed E-state index contributed by atoms with van der Waals surface area (Å²) in [5, 5.41) is 25.7. The summed E-state index contributed by atoms with van der Waals surface area (Å²) < 4.78 is 3.11. The number of aromatic nitrogens is 1. The average Bonchev–Trinajstić information content (AvgIpc) is 2.84. The fourth-order valence-electron chi connectivity index (χ4n) is 4.68. The van der Waals surface area contributed by atoms with Gasteiger partial charge >= 0.3 is 0 Å². The van der Waals surface area contributed by atoms with Gasteiger partial charge in [-0.1, -0.05) is 72.9 Å². The second-order valence-electron chi connectivity index (χ2n) is 8.12. The highest BCUT2D eigenvalue weighted by atomic mass is 127. The van der Waals surface area contributed by atoms with Crippen molar-refractivity contribution < 1.29 is 9.67 Å². The van der Waals surface area contributed by atoms with Gasteiger partial charge in [-0.3, -0.25) is 5.41 Å². The highest BCUT2D eigenvalue weighted by Gasteiger charge is 2.56. The Labute approximate surface area is 211 Å². The molecule has 1 aliphatic rings. The average molecular weight is 562 g/mol. The largest absolute Gasteiger partial charge is 0.362 e. The molecular formula is C27H21IN3OS+. The number of hydrogen-bond donors (Lipinski definition) is 3. The SMILES string of the molecule is N=C=C1C(=S)N[C@@](O)(c2ccccc2)[C@H]([n+]2ccc3ccccc3c2)[C@H]1c1cccc(I)c1. The van der Waals surface area contributed by atoms with E-state index in [1.807, 2.05) is 83.7 Å². The Morgan fingerprint density at radius 3 is 2.42 bits per heavy atom. The number of fused-ring (bicyclic) bond motifs is 1. The number of rotatable bonds is 3. The molecule has 0 bridgehead atoms. The zero-order valence-electron chi connectivity index (χ0n) is 17.6. The minimum Gasteiger partial charge on any atom is -0.362 e. The number of thiocarbonyl (C=S) groups is 1. The van der Waals surface area contributed by atoms with Crippen LogP contribution in [0.3, 0.4) is 0 Å². The molecule has 1 aromatic heterocycles. The third kappa shape index (κ3) is 3.89. The molecule has 1 fully saturated rings. The molecule has 0 radical (unpaired) electrons. The Kier molecular flexibility index (Phi) is 5.85. The van der Waals surface area contributed by atoms with Crippen molar-refractivity contribution in [3.8, 4) is 0 Å². The fourth-order valence-corrected chi connectivity index (χ4v) is 5.59. The Bertz CT molecular complexity index is 1420. The van der Waals surface area contributed by atoms with Crippen LogP contribution in [0.25, 0.3) is 10.8 Å². The predicted molar refractivity (Wildman–Crippen MR) is 142 cm³/mol. The number of benzene rings is 3. The molecular weight excluding hydrogens is 541 g/mol. The van der Waals surface area contributed by atoms with Crippen LogP contribution in [0.2, 0.25) is 0 Å². The van der Waals surface area contributed by atoms with Crippen LogP contribution < -0.4 is 9.88 Å². The van der Waals surface area contributed by atoms with E-state index in [1.165, 1.54) is 0 Å². The molecule has 0 unspecified atom stereocenters. The lowest BCUT2D eigenvalue weighted by molar-refractivity contribution is -0.742. The van der Waals surface area contributed by atoms with Crippen molar-refractivity contribution in [2.75, 3.05) is 0 Å². The molecule has 3 atom stereocenters.